The van der Waals surface area contributed by atoms with Crippen molar-refractivity contribution in [3.8, 4) is 0 Å². The molecule has 5 aromatic carbocycles. The molecule has 0 saturated carbocycles. The number of nitrogen functional groups attached to an aromatic ring is 1. The monoisotopic (exact) mass is 373 g/mol. The van der Waals surface area contributed by atoms with Crippen molar-refractivity contribution in [2.75, 3.05) is 5.73 Å². The first-order valence-electron chi connectivity index (χ1n) is 10.5. The van der Waals surface area contributed by atoms with Crippen LogP contribution in [0.3, 0.4) is 0 Å². The third-order valence-electron chi connectivity index (χ3n) is 6.74. The highest BCUT2D eigenvalue weighted by atomic mass is 14.5. The Bertz CT molecular complexity index is 1400. The zero-order valence-corrected chi connectivity index (χ0v) is 16.4. The van der Waals surface area contributed by atoms with Gasteiger partial charge in [0.15, 0.2) is 0 Å². The summed E-state index contributed by atoms with van der Waals surface area (Å²) in [7, 11) is 0. The van der Waals surface area contributed by atoms with Crippen molar-refractivity contribution in [2.24, 2.45) is 0 Å². The van der Waals surface area contributed by atoms with E-state index in [1.165, 1.54) is 61.8 Å². The fraction of sp³-hybridized carbons (Fsp3) is 0.143. The number of nitrogens with two attached hydrogens (primary N) is 1. The van der Waals surface area contributed by atoms with Crippen molar-refractivity contribution in [3.63, 3.8) is 0 Å². The lowest BCUT2D eigenvalue weighted by molar-refractivity contribution is 0.622. The average molecular weight is 373 g/mol. The van der Waals surface area contributed by atoms with Gasteiger partial charge in [0.05, 0.1) is 0 Å². The minimum atomic E-state index is 0.431. The molecular weight excluding hydrogens is 350 g/mol. The van der Waals surface area contributed by atoms with Crippen molar-refractivity contribution in [3.05, 3.63) is 102 Å². The lowest BCUT2D eigenvalue weighted by Crippen LogP contribution is -2.12. The maximum absolute atomic E-state index is 6.28. The molecule has 1 unspecified atom stereocenters. The van der Waals surface area contributed by atoms with E-state index in [2.05, 4.69) is 84.9 Å². The molecule has 0 saturated heterocycles. The Morgan fingerprint density at radius 2 is 1.31 bits per heavy atom. The van der Waals surface area contributed by atoms with E-state index in [4.69, 9.17) is 5.73 Å². The predicted molar refractivity (Wildman–Crippen MR) is 125 cm³/mol. The molecule has 5 aromatic rings. The summed E-state index contributed by atoms with van der Waals surface area (Å²) in [6.07, 6.45) is 3.58. The Hall–Kier alpha value is -3.32. The second-order valence-corrected chi connectivity index (χ2v) is 8.25. The fourth-order valence-electron chi connectivity index (χ4n) is 5.38. The molecule has 6 rings (SSSR count). The SMILES string of the molecule is Nc1ccc(C2CCCc3c2ccc2c3ccc3ccccc32)c2ccccc12. The van der Waals surface area contributed by atoms with E-state index < -0.39 is 0 Å². The first kappa shape index (κ1) is 16.6. The van der Waals surface area contributed by atoms with Crippen LogP contribution in [-0.2, 0) is 6.42 Å². The second kappa shape index (κ2) is 6.35. The molecule has 0 aromatic heterocycles. The number of anilines is 1. The summed E-state index contributed by atoms with van der Waals surface area (Å²) >= 11 is 0. The predicted octanol–water partition coefficient (Wildman–Crippen LogP) is 7.20. The molecule has 140 valence electrons. The van der Waals surface area contributed by atoms with Gasteiger partial charge >= 0.3 is 0 Å². The van der Waals surface area contributed by atoms with Gasteiger partial charge in [-0.25, -0.2) is 0 Å². The summed E-state index contributed by atoms with van der Waals surface area (Å²) in [6, 6.07) is 31.0. The fourth-order valence-corrected chi connectivity index (χ4v) is 5.38. The van der Waals surface area contributed by atoms with Gasteiger partial charge in [0.25, 0.3) is 0 Å². The van der Waals surface area contributed by atoms with Gasteiger partial charge in [0.1, 0.15) is 0 Å². The van der Waals surface area contributed by atoms with Gasteiger partial charge < -0.3 is 5.73 Å². The topological polar surface area (TPSA) is 26.0 Å². The minimum absolute atomic E-state index is 0.431. The van der Waals surface area contributed by atoms with Crippen molar-refractivity contribution in [2.45, 2.75) is 25.2 Å². The molecule has 0 amide bonds. The van der Waals surface area contributed by atoms with Crippen molar-refractivity contribution in [1.29, 1.82) is 0 Å². The third kappa shape index (κ3) is 2.47. The minimum Gasteiger partial charge on any atom is -0.398 e. The van der Waals surface area contributed by atoms with Gasteiger partial charge in [0.2, 0.25) is 0 Å². The van der Waals surface area contributed by atoms with Gasteiger partial charge in [-0.05, 0) is 69.0 Å². The van der Waals surface area contributed by atoms with E-state index >= 15 is 0 Å². The maximum Gasteiger partial charge on any atom is 0.0393 e. The lowest BCUT2D eigenvalue weighted by Gasteiger charge is -2.28. The summed E-state index contributed by atoms with van der Waals surface area (Å²) < 4.78 is 0. The largest absolute Gasteiger partial charge is 0.398 e. The Labute approximate surface area is 170 Å². The Balaban J connectivity index is 1.61. The third-order valence-corrected chi connectivity index (χ3v) is 6.74. The first-order chi connectivity index (χ1) is 14.3. The van der Waals surface area contributed by atoms with Gasteiger partial charge in [-0.1, -0.05) is 78.9 Å². The number of hydrogen-bond acceptors (Lipinski definition) is 1. The zero-order chi connectivity index (χ0) is 19.4. The molecule has 0 bridgehead atoms. The Morgan fingerprint density at radius 3 is 2.21 bits per heavy atom. The molecule has 1 aliphatic carbocycles. The van der Waals surface area contributed by atoms with Crippen molar-refractivity contribution in [1.82, 2.24) is 0 Å². The molecule has 0 aliphatic heterocycles. The van der Waals surface area contributed by atoms with Crippen LogP contribution < -0.4 is 5.73 Å². The molecule has 0 radical (unpaired) electrons. The molecule has 0 spiro atoms. The first-order valence-corrected chi connectivity index (χ1v) is 10.5. The molecule has 2 N–H and O–H groups in total. The highest BCUT2D eigenvalue weighted by molar-refractivity contribution is 6.09. The molecule has 1 aliphatic rings. The van der Waals surface area contributed by atoms with Gasteiger partial charge in [-0.3, -0.25) is 0 Å². The van der Waals surface area contributed by atoms with Crippen LogP contribution in [0.4, 0.5) is 5.69 Å². The summed E-state index contributed by atoms with van der Waals surface area (Å²) in [4.78, 5) is 0. The molecule has 1 nitrogen and oxygen atoms in total. The summed E-state index contributed by atoms with van der Waals surface area (Å²) in [5.41, 5.74) is 11.6. The van der Waals surface area contributed by atoms with E-state index in [0.717, 1.165) is 12.1 Å². The van der Waals surface area contributed by atoms with Gasteiger partial charge in [0, 0.05) is 17.0 Å². The van der Waals surface area contributed by atoms with Gasteiger partial charge in [-0.15, -0.1) is 0 Å². The quantitative estimate of drug-likeness (QED) is 0.244. The standard InChI is InChI=1S/C28H23N/c29-28-17-16-26(22-8-3-4-9-27(22)28)21-11-5-10-20-24-13-12-18-6-1-2-7-19(18)23(24)14-15-25(20)21/h1-4,6-9,12-17,21H,5,10-11,29H2. The molecule has 0 fully saturated rings. The van der Waals surface area contributed by atoms with E-state index in [9.17, 15) is 0 Å². The van der Waals surface area contributed by atoms with E-state index in [1.807, 2.05) is 0 Å². The van der Waals surface area contributed by atoms with Crippen LogP contribution in [0.1, 0.15) is 35.4 Å². The zero-order valence-electron chi connectivity index (χ0n) is 16.4. The molecule has 0 heterocycles. The maximum atomic E-state index is 6.28. The highest BCUT2D eigenvalue weighted by Crippen LogP contribution is 2.43. The van der Waals surface area contributed by atoms with Crippen LogP contribution in [0.25, 0.3) is 32.3 Å². The number of benzene rings is 5. The van der Waals surface area contributed by atoms with Crippen molar-refractivity contribution < 1.29 is 0 Å². The van der Waals surface area contributed by atoms with Crippen LogP contribution in [-0.4, -0.2) is 0 Å². The highest BCUT2D eigenvalue weighted by Gasteiger charge is 2.25. The van der Waals surface area contributed by atoms with E-state index in [-0.39, 0.29) is 0 Å². The van der Waals surface area contributed by atoms with Crippen LogP contribution >= 0.6 is 0 Å². The van der Waals surface area contributed by atoms with E-state index in [0.29, 0.717) is 5.92 Å². The van der Waals surface area contributed by atoms with Crippen LogP contribution in [0.15, 0.2) is 84.9 Å². The Kier molecular flexibility index (Phi) is 3.64. The number of fused-ring (bicyclic) bond motifs is 6. The number of rotatable bonds is 1. The smallest absolute Gasteiger partial charge is 0.0393 e. The van der Waals surface area contributed by atoms with Gasteiger partial charge in [-0.2, -0.15) is 0 Å². The number of aryl methyl sites for hydroxylation is 1. The lowest BCUT2D eigenvalue weighted by atomic mass is 9.75. The molecule has 1 atom stereocenters. The van der Waals surface area contributed by atoms with Crippen molar-refractivity contribution >= 4 is 38.0 Å². The van der Waals surface area contributed by atoms with Crippen LogP contribution in [0.5, 0.6) is 0 Å². The van der Waals surface area contributed by atoms with Crippen LogP contribution in [0, 0.1) is 0 Å². The normalized spacial score (nSPS) is 16.3. The van der Waals surface area contributed by atoms with Crippen LogP contribution in [0.2, 0.25) is 0 Å². The molecule has 1 heteroatoms. The van der Waals surface area contributed by atoms with E-state index in [1.54, 1.807) is 0 Å². The summed E-state index contributed by atoms with van der Waals surface area (Å²) in [6.45, 7) is 0. The second-order valence-electron chi connectivity index (χ2n) is 8.25. The number of hydrogen-bond donors (Lipinski definition) is 1. The average Bonchev–Trinajstić information content (AvgIpc) is 2.79. The Morgan fingerprint density at radius 1 is 0.586 bits per heavy atom. The molecule has 29 heavy (non-hydrogen) atoms. The molecular formula is C28H23N. The summed E-state index contributed by atoms with van der Waals surface area (Å²) in [5, 5.41) is 7.94. The summed E-state index contributed by atoms with van der Waals surface area (Å²) in [5.74, 6) is 0.431.